The molecule has 0 aliphatic carbocycles. The molecule has 2 aliphatic heterocycles. The number of nitrogens with zero attached hydrogens (tertiary/aromatic N) is 4. The van der Waals surface area contributed by atoms with Crippen LogP contribution in [0, 0.1) is 46.9 Å². The molecule has 0 saturated heterocycles. The quantitative estimate of drug-likeness (QED) is 0.0626. The molecule has 64 heavy (non-hydrogen) atoms. The van der Waals surface area contributed by atoms with Crippen LogP contribution in [0.4, 0.5) is 0 Å². The third kappa shape index (κ3) is 15.4. The van der Waals surface area contributed by atoms with E-state index in [1.165, 1.54) is 11.1 Å². The third-order valence-electron chi connectivity index (χ3n) is 10.8. The summed E-state index contributed by atoms with van der Waals surface area (Å²) in [5, 5.41) is 19.7. The van der Waals surface area contributed by atoms with Gasteiger partial charge in [-0.05, 0) is 97.9 Å². The number of nitrogens with one attached hydrogen (secondary N) is 1. The largest absolute Gasteiger partial charge is 2.00 e. The molecule has 0 saturated carbocycles. The van der Waals surface area contributed by atoms with E-state index < -0.39 is 0 Å². The fourth-order valence-corrected chi connectivity index (χ4v) is 7.41. The summed E-state index contributed by atoms with van der Waals surface area (Å²) in [6, 6.07) is 7.87. The van der Waals surface area contributed by atoms with Gasteiger partial charge < -0.3 is 53.1 Å². The van der Waals surface area contributed by atoms with Gasteiger partial charge in [-0.1, -0.05) is 13.8 Å². The van der Waals surface area contributed by atoms with E-state index in [1.807, 2.05) is 25.3 Å². The Labute approximate surface area is 409 Å². The van der Waals surface area contributed by atoms with Crippen molar-refractivity contribution in [3.05, 3.63) is 70.6 Å². The van der Waals surface area contributed by atoms with Crippen LogP contribution in [0.5, 0.6) is 11.5 Å². The second kappa shape index (κ2) is 29.4. The fourth-order valence-electron chi connectivity index (χ4n) is 7.41. The molecule has 0 unspecified atom stereocenters. The molecule has 1 aromatic carbocycles. The van der Waals surface area contributed by atoms with Gasteiger partial charge in [0.25, 0.3) is 0 Å². The molecule has 0 amide bonds. The minimum atomic E-state index is 0. The van der Waals surface area contributed by atoms with Gasteiger partial charge in [-0.3, -0.25) is 9.97 Å². The molecule has 4 heterocycles. The minimum absolute atomic E-state index is 0. The number of allylic oxidation sites excluding steroid dienone is 4. The van der Waals surface area contributed by atoms with Crippen LogP contribution < -0.4 is 9.47 Å². The number of ether oxygens (including phenoxy) is 8. The molecule has 15 nitrogen and oxygen atoms in total. The van der Waals surface area contributed by atoms with Crippen molar-refractivity contribution in [3.63, 3.8) is 0 Å². The van der Waals surface area contributed by atoms with E-state index in [9.17, 15) is 10.2 Å². The first-order valence-corrected chi connectivity index (χ1v) is 22.1. The van der Waals surface area contributed by atoms with Gasteiger partial charge >= 0.3 is 39.9 Å². The molecule has 2 aliphatic rings. The maximum atomic E-state index is 9.86. The first-order valence-electron chi connectivity index (χ1n) is 22.1. The molecule has 3 aromatic rings. The molecule has 0 spiro atoms. The Hall–Kier alpha value is -3.26. The molecule has 0 atom stereocenters. The Morgan fingerprint density at radius 3 is 1.53 bits per heavy atom. The molecule has 6 bridgehead atoms. The van der Waals surface area contributed by atoms with Gasteiger partial charge in [-0.15, -0.1) is 0 Å². The number of aryl methyl sites for hydroxylation is 2. The van der Waals surface area contributed by atoms with Crippen molar-refractivity contribution >= 4 is 44.4 Å². The maximum absolute atomic E-state index is 9.86. The van der Waals surface area contributed by atoms with E-state index in [1.54, 1.807) is 20.4 Å². The van der Waals surface area contributed by atoms with Crippen molar-refractivity contribution in [1.82, 2.24) is 24.9 Å². The number of benzene rings is 1. The van der Waals surface area contributed by atoms with Crippen molar-refractivity contribution in [2.75, 3.05) is 107 Å². The smallest absolute Gasteiger partial charge is 0.487 e. The zero-order chi connectivity index (χ0) is 44.8. The molecule has 350 valence electrons. The Kier molecular flexibility index (Phi) is 24.5. The van der Waals surface area contributed by atoms with Gasteiger partial charge in [0.15, 0.2) is 11.5 Å². The number of hydrogen-bond acceptors (Lipinski definition) is 14. The summed E-state index contributed by atoms with van der Waals surface area (Å²) in [4.78, 5) is 24.0. The predicted molar refractivity (Wildman–Crippen MR) is 245 cm³/mol. The SMILES string of the molecule is CCC1=C(CC)c2cc3[nH]c(cnc4cc(OCCOCCOCCOC)c(OCCOCCOCCOC)cc4ncc4nc(cc1n2)C(CCCO)=C4C)c(C)c3CCCO.[Gd+2]. The van der Waals surface area contributed by atoms with Gasteiger partial charge in [0, 0.05) is 45.1 Å². The first-order chi connectivity index (χ1) is 30.9. The third-order valence-corrected chi connectivity index (χ3v) is 10.8. The summed E-state index contributed by atoms with van der Waals surface area (Å²) in [7, 11) is 3.28. The number of aromatic amines is 1. The molecule has 3 N–H and O–H groups in total. The van der Waals surface area contributed by atoms with Crippen molar-refractivity contribution in [1.29, 1.82) is 0 Å². The minimum Gasteiger partial charge on any atom is -0.487 e. The monoisotopic (exact) mass is 1030 g/mol. The van der Waals surface area contributed by atoms with Crippen LogP contribution in [0.2, 0.25) is 0 Å². The second-order valence-electron chi connectivity index (χ2n) is 15.0. The summed E-state index contributed by atoms with van der Waals surface area (Å²) in [6.45, 7) is 13.5. The number of fused-ring (bicyclic) bond motifs is 7. The van der Waals surface area contributed by atoms with Crippen LogP contribution in [-0.4, -0.2) is 142 Å². The van der Waals surface area contributed by atoms with Crippen LogP contribution in [0.25, 0.3) is 44.4 Å². The Morgan fingerprint density at radius 2 is 1.00 bits per heavy atom. The number of aliphatic hydroxyl groups excluding tert-OH is 2. The van der Waals surface area contributed by atoms with Crippen LogP contribution in [-0.2, 0) is 34.8 Å². The van der Waals surface area contributed by atoms with E-state index in [0.717, 1.165) is 63.2 Å². The average Bonchev–Trinajstić information content (AvgIpc) is 3.89. The van der Waals surface area contributed by atoms with E-state index in [2.05, 4.69) is 37.9 Å². The molecule has 5 rings (SSSR count). The topological polar surface area (TPSA) is 182 Å². The molecular formula is C48H67GdN5O10+2. The number of methoxy groups -OCH3 is 2. The summed E-state index contributed by atoms with van der Waals surface area (Å²) < 4.78 is 45.3. The molecular weight excluding hydrogens is 964 g/mol. The first kappa shape index (κ1) is 53.4. The van der Waals surface area contributed by atoms with E-state index in [0.29, 0.717) is 120 Å². The van der Waals surface area contributed by atoms with Gasteiger partial charge in [-0.2, -0.15) is 0 Å². The van der Waals surface area contributed by atoms with E-state index in [4.69, 9.17) is 57.8 Å². The van der Waals surface area contributed by atoms with Crippen LogP contribution >= 0.6 is 0 Å². The maximum Gasteiger partial charge on any atom is 2.00 e. The fraction of sp³-hybridized carbons (Fsp3) is 0.542. The Morgan fingerprint density at radius 1 is 0.531 bits per heavy atom. The number of aliphatic hydroxyl groups is 2. The normalized spacial score (nSPS) is 12.5. The standard InChI is InChI=1S/C48H67N5O10.Gd/c1-7-35-36(8-2)40-28-42-38(12-10-14-55)34(4)46(53-42)32-50-44-30-48(63-26-24-61-22-20-59-18-16-57-6)47(62-25-23-60-21-19-58-17-15-56-5)29-43(44)49-31-45-33(3)37(11-9-13-54)41(52-45)27-39(35)51-40;/h27-32,52,54-55H,7-26H2,1-6H3;/q;+2. The van der Waals surface area contributed by atoms with Gasteiger partial charge in [-0.25, -0.2) is 9.97 Å². The number of rotatable bonds is 28. The number of H-pyrrole nitrogens is 1. The van der Waals surface area contributed by atoms with Gasteiger partial charge in [0.05, 0.1) is 118 Å². The van der Waals surface area contributed by atoms with Crippen molar-refractivity contribution in [2.24, 2.45) is 0 Å². The molecule has 0 fully saturated rings. The summed E-state index contributed by atoms with van der Waals surface area (Å²) in [5.74, 6) is 0.939. The van der Waals surface area contributed by atoms with E-state index in [-0.39, 0.29) is 66.4 Å². The summed E-state index contributed by atoms with van der Waals surface area (Å²) in [5.41, 5.74) is 12.7. The zero-order valence-corrected chi connectivity index (χ0v) is 40.7. The Bertz CT molecular complexity index is 2200. The van der Waals surface area contributed by atoms with Crippen LogP contribution in [0.15, 0.2) is 36.7 Å². The van der Waals surface area contributed by atoms with Crippen LogP contribution in [0.1, 0.15) is 86.8 Å². The van der Waals surface area contributed by atoms with Gasteiger partial charge in [0.2, 0.25) is 0 Å². The number of hydrogen-bond donors (Lipinski definition) is 3. The summed E-state index contributed by atoms with van der Waals surface area (Å²) >= 11 is 0. The van der Waals surface area contributed by atoms with Crippen molar-refractivity contribution in [2.45, 2.75) is 66.2 Å². The Balaban J connectivity index is 0.00000898. The van der Waals surface area contributed by atoms with E-state index >= 15 is 0 Å². The van der Waals surface area contributed by atoms with Crippen molar-refractivity contribution < 1.29 is 88.0 Å². The molecule has 2 aromatic heterocycles. The summed E-state index contributed by atoms with van der Waals surface area (Å²) in [6.07, 6.45) is 7.76. The number of aromatic nitrogens is 5. The molecule has 16 heteroatoms. The van der Waals surface area contributed by atoms with Gasteiger partial charge in [0.1, 0.15) is 13.2 Å². The zero-order valence-electron chi connectivity index (χ0n) is 38.4. The average molecular weight is 1030 g/mol. The van der Waals surface area contributed by atoms with Crippen molar-refractivity contribution in [3.8, 4) is 11.5 Å². The predicted octanol–water partition coefficient (Wildman–Crippen LogP) is 7.12. The second-order valence-corrected chi connectivity index (χ2v) is 15.0. The van der Waals surface area contributed by atoms with Crippen LogP contribution in [0.3, 0.4) is 0 Å². The molecule has 0 radical (unpaired) electrons.